The molecular formula is C17H31N3S. The van der Waals surface area contributed by atoms with Gasteiger partial charge in [0.2, 0.25) is 0 Å². The van der Waals surface area contributed by atoms with E-state index in [1.807, 2.05) is 11.3 Å². The summed E-state index contributed by atoms with van der Waals surface area (Å²) in [7, 11) is 0. The van der Waals surface area contributed by atoms with Crippen molar-refractivity contribution in [3.05, 3.63) is 16.1 Å². The summed E-state index contributed by atoms with van der Waals surface area (Å²) in [6.45, 7) is 13.6. The number of rotatable bonds is 7. The van der Waals surface area contributed by atoms with Crippen molar-refractivity contribution in [2.24, 2.45) is 0 Å². The lowest BCUT2D eigenvalue weighted by atomic mass is 9.93. The molecule has 1 aromatic heterocycles. The minimum atomic E-state index is 0.163. The molecule has 21 heavy (non-hydrogen) atoms. The molecule has 1 saturated heterocycles. The van der Waals surface area contributed by atoms with E-state index in [4.69, 9.17) is 4.98 Å². The molecule has 1 N–H and O–H groups in total. The van der Waals surface area contributed by atoms with Gasteiger partial charge in [-0.3, -0.25) is 4.90 Å². The highest BCUT2D eigenvalue weighted by Crippen LogP contribution is 2.24. The van der Waals surface area contributed by atoms with Crippen LogP contribution in [-0.2, 0) is 12.0 Å². The Kier molecular flexibility index (Phi) is 6.20. The second kappa shape index (κ2) is 7.70. The lowest BCUT2D eigenvalue weighted by molar-refractivity contribution is 0.237. The maximum Gasteiger partial charge on any atom is 0.107 e. The number of thiazole rings is 1. The van der Waals surface area contributed by atoms with E-state index in [-0.39, 0.29) is 5.41 Å². The summed E-state index contributed by atoms with van der Waals surface area (Å²) in [4.78, 5) is 7.46. The lowest BCUT2D eigenvalue weighted by Crippen LogP contribution is -2.37. The van der Waals surface area contributed by atoms with Gasteiger partial charge in [0.05, 0.1) is 12.2 Å². The minimum Gasteiger partial charge on any atom is -0.313 e. The van der Waals surface area contributed by atoms with Crippen LogP contribution < -0.4 is 5.32 Å². The maximum atomic E-state index is 4.86. The molecule has 0 aromatic carbocycles. The van der Waals surface area contributed by atoms with Gasteiger partial charge in [-0.05, 0) is 32.4 Å². The Bertz CT molecular complexity index is 416. The van der Waals surface area contributed by atoms with Gasteiger partial charge in [0, 0.05) is 23.4 Å². The third-order valence-electron chi connectivity index (χ3n) is 4.15. The Morgan fingerprint density at radius 1 is 1.43 bits per heavy atom. The van der Waals surface area contributed by atoms with Gasteiger partial charge in [0.25, 0.3) is 0 Å². The number of hydrogen-bond acceptors (Lipinski definition) is 4. The van der Waals surface area contributed by atoms with Crippen molar-refractivity contribution in [3.63, 3.8) is 0 Å². The van der Waals surface area contributed by atoms with Crippen LogP contribution in [0.5, 0.6) is 0 Å². The third kappa shape index (κ3) is 5.35. The van der Waals surface area contributed by atoms with Gasteiger partial charge in [0.1, 0.15) is 5.01 Å². The molecule has 0 spiro atoms. The fraction of sp³-hybridized carbons (Fsp3) is 0.824. The Balaban J connectivity index is 1.94. The summed E-state index contributed by atoms with van der Waals surface area (Å²) >= 11 is 1.82. The zero-order chi connectivity index (χ0) is 15.3. The average molecular weight is 310 g/mol. The Morgan fingerprint density at radius 3 is 2.81 bits per heavy atom. The van der Waals surface area contributed by atoms with E-state index in [0.29, 0.717) is 6.04 Å². The van der Waals surface area contributed by atoms with E-state index in [1.165, 1.54) is 56.0 Å². The van der Waals surface area contributed by atoms with Crippen LogP contribution in [-0.4, -0.2) is 35.6 Å². The van der Waals surface area contributed by atoms with Crippen LogP contribution in [0.3, 0.4) is 0 Å². The fourth-order valence-electron chi connectivity index (χ4n) is 2.76. The quantitative estimate of drug-likeness (QED) is 0.830. The largest absolute Gasteiger partial charge is 0.313 e. The monoisotopic (exact) mass is 309 g/mol. The van der Waals surface area contributed by atoms with E-state index < -0.39 is 0 Å². The van der Waals surface area contributed by atoms with E-state index >= 15 is 0 Å². The molecule has 1 aromatic rings. The summed E-state index contributed by atoms with van der Waals surface area (Å²) in [5.41, 5.74) is 1.40. The summed E-state index contributed by atoms with van der Waals surface area (Å²) in [5.74, 6) is 0. The van der Waals surface area contributed by atoms with Gasteiger partial charge < -0.3 is 5.32 Å². The molecule has 0 bridgehead atoms. The van der Waals surface area contributed by atoms with Gasteiger partial charge in [-0.25, -0.2) is 4.98 Å². The van der Waals surface area contributed by atoms with Crippen molar-refractivity contribution in [3.8, 4) is 0 Å². The minimum absolute atomic E-state index is 0.163. The van der Waals surface area contributed by atoms with Crippen LogP contribution in [0.4, 0.5) is 0 Å². The van der Waals surface area contributed by atoms with Crippen molar-refractivity contribution in [2.45, 2.75) is 71.4 Å². The molecule has 1 atom stereocenters. The summed E-state index contributed by atoms with van der Waals surface area (Å²) < 4.78 is 0. The van der Waals surface area contributed by atoms with E-state index in [0.717, 1.165) is 6.54 Å². The number of hydrogen-bond donors (Lipinski definition) is 1. The molecule has 2 rings (SSSR count). The summed E-state index contributed by atoms with van der Waals surface area (Å²) in [6, 6.07) is 0.684. The smallest absolute Gasteiger partial charge is 0.107 e. The molecule has 3 nitrogen and oxygen atoms in total. The normalized spacial score (nSPS) is 19.6. The molecule has 1 aliphatic rings. The first-order valence-electron chi connectivity index (χ1n) is 8.39. The number of nitrogens with one attached hydrogen (secondary N) is 1. The van der Waals surface area contributed by atoms with Crippen LogP contribution in [0.25, 0.3) is 0 Å². The van der Waals surface area contributed by atoms with E-state index in [1.54, 1.807) is 0 Å². The average Bonchev–Trinajstić information content (AvgIpc) is 3.06. The zero-order valence-electron chi connectivity index (χ0n) is 14.1. The zero-order valence-corrected chi connectivity index (χ0v) is 14.9. The van der Waals surface area contributed by atoms with Crippen LogP contribution in [0.1, 0.15) is 64.1 Å². The lowest BCUT2D eigenvalue weighted by Gasteiger charge is -2.24. The second-order valence-corrected chi connectivity index (χ2v) is 8.20. The SMILES string of the molecule is CCCCN(Cc1nc(C(C)(C)C)cs1)CC1CCCN1. The number of aromatic nitrogens is 1. The number of nitrogens with zero attached hydrogens (tertiary/aromatic N) is 2. The molecule has 0 amide bonds. The predicted molar refractivity (Wildman–Crippen MR) is 92.0 cm³/mol. The van der Waals surface area contributed by atoms with Crippen molar-refractivity contribution < 1.29 is 0 Å². The number of unbranched alkanes of at least 4 members (excludes halogenated alkanes) is 1. The molecule has 1 unspecified atom stereocenters. The standard InChI is InChI=1S/C17H31N3S/c1-5-6-10-20(11-14-8-7-9-18-14)12-16-19-15(13-21-16)17(2,3)4/h13-14,18H,5-12H2,1-4H3. The van der Waals surface area contributed by atoms with E-state index in [2.05, 4.69) is 43.3 Å². The van der Waals surface area contributed by atoms with Crippen LogP contribution in [0.2, 0.25) is 0 Å². The second-order valence-electron chi connectivity index (χ2n) is 7.26. The Labute approximate surface area is 134 Å². The van der Waals surface area contributed by atoms with Gasteiger partial charge in [-0.1, -0.05) is 34.1 Å². The van der Waals surface area contributed by atoms with E-state index in [9.17, 15) is 0 Å². The highest BCUT2D eigenvalue weighted by Gasteiger charge is 2.21. The molecular weight excluding hydrogens is 278 g/mol. The molecule has 0 aliphatic carbocycles. The first-order chi connectivity index (χ1) is 9.99. The molecule has 2 heterocycles. The summed E-state index contributed by atoms with van der Waals surface area (Å²) in [6.07, 6.45) is 5.20. The topological polar surface area (TPSA) is 28.2 Å². The molecule has 0 radical (unpaired) electrons. The van der Waals surface area contributed by atoms with Gasteiger partial charge in [0.15, 0.2) is 0 Å². The van der Waals surface area contributed by atoms with Crippen molar-refractivity contribution >= 4 is 11.3 Å². The summed E-state index contributed by atoms with van der Waals surface area (Å²) in [5, 5.41) is 7.13. The highest BCUT2D eigenvalue weighted by molar-refractivity contribution is 7.09. The van der Waals surface area contributed by atoms with Crippen molar-refractivity contribution in [2.75, 3.05) is 19.6 Å². The Hall–Kier alpha value is -0.450. The molecule has 1 aliphatic heterocycles. The third-order valence-corrected chi connectivity index (χ3v) is 4.98. The van der Waals surface area contributed by atoms with Crippen LogP contribution in [0.15, 0.2) is 5.38 Å². The fourth-order valence-corrected chi connectivity index (χ4v) is 3.82. The highest BCUT2D eigenvalue weighted by atomic mass is 32.1. The molecule has 4 heteroatoms. The molecule has 120 valence electrons. The predicted octanol–water partition coefficient (Wildman–Crippen LogP) is 3.79. The van der Waals surface area contributed by atoms with Crippen molar-refractivity contribution in [1.29, 1.82) is 0 Å². The van der Waals surface area contributed by atoms with Gasteiger partial charge in [-0.2, -0.15) is 0 Å². The maximum absolute atomic E-state index is 4.86. The first kappa shape index (κ1) is 16.9. The van der Waals surface area contributed by atoms with Crippen LogP contribution >= 0.6 is 11.3 Å². The van der Waals surface area contributed by atoms with Gasteiger partial charge in [-0.15, -0.1) is 11.3 Å². The first-order valence-corrected chi connectivity index (χ1v) is 9.27. The Morgan fingerprint density at radius 2 is 2.24 bits per heavy atom. The van der Waals surface area contributed by atoms with Gasteiger partial charge >= 0.3 is 0 Å². The molecule has 0 saturated carbocycles. The molecule has 1 fully saturated rings. The van der Waals surface area contributed by atoms with Crippen molar-refractivity contribution in [1.82, 2.24) is 15.2 Å². The van der Waals surface area contributed by atoms with Crippen LogP contribution in [0, 0.1) is 0 Å².